The van der Waals surface area contributed by atoms with Crippen molar-refractivity contribution in [1.29, 1.82) is 0 Å². The molecule has 138 valence electrons. The summed E-state index contributed by atoms with van der Waals surface area (Å²) in [5.41, 5.74) is -2.74. The Balaban J connectivity index is -0.0000000652. The molecule has 0 aromatic rings. The van der Waals surface area contributed by atoms with Gasteiger partial charge in [0.2, 0.25) is 0 Å². The van der Waals surface area contributed by atoms with Crippen LogP contribution in [-0.4, -0.2) is 157 Å². The second kappa shape index (κ2) is 19.3. The van der Waals surface area contributed by atoms with Gasteiger partial charge in [0.05, 0.1) is 12.8 Å². The van der Waals surface area contributed by atoms with Crippen LogP contribution in [-0.2, 0) is 23.5 Å². The van der Waals surface area contributed by atoms with Crippen LogP contribution in [0.15, 0.2) is 0 Å². The molecule has 0 spiro atoms. The minimum atomic E-state index is -5.39. The van der Waals surface area contributed by atoms with Gasteiger partial charge in [0.15, 0.2) is 5.60 Å². The van der Waals surface area contributed by atoms with Crippen LogP contribution in [0.3, 0.4) is 0 Å². The first-order chi connectivity index (χ1) is 9.78. The smallest absolute Gasteiger partial charge is 0.822 e. The molecule has 4 N–H and O–H groups in total. The topological polar surface area (TPSA) is 305 Å². The summed E-state index contributed by atoms with van der Waals surface area (Å²) in [6.45, 7) is 0. The predicted octanol–water partition coefficient (Wildman–Crippen LogP) is -8.04. The standard InChI is InChI=1S/C6H8O7.3Ca.2H3O4P/c7-3(8)1-6(13,5(11)12)2-4(9)10;;;;2*1-5(2,3)4/h13H,1-2H2,(H,7,8)(H,9,10)(H,11,12);;;;2*(H3,1,2,3,4)/q;3*+2;;/p-6. The first kappa shape index (κ1) is 42.5. The van der Waals surface area contributed by atoms with Gasteiger partial charge in [0.25, 0.3) is 0 Å². The minimum Gasteiger partial charge on any atom is -0.822 e. The molecule has 0 aliphatic carbocycles. The van der Waals surface area contributed by atoms with E-state index in [1.807, 2.05) is 0 Å². The van der Waals surface area contributed by atoms with Gasteiger partial charge in [-0.2, -0.15) is 15.6 Å². The molecule has 26 heavy (non-hydrogen) atoms. The number of aliphatic hydroxyl groups is 1. The van der Waals surface area contributed by atoms with Gasteiger partial charge < -0.3 is 58.9 Å². The summed E-state index contributed by atoms with van der Waals surface area (Å²) in [7, 11) is -10.8. The second-order valence-electron chi connectivity index (χ2n) is 3.37. The molecule has 0 aliphatic heterocycles. The number of carboxylic acids is 3. The van der Waals surface area contributed by atoms with Crippen molar-refractivity contribution >= 4 is 147 Å². The van der Waals surface area contributed by atoms with Crippen LogP contribution in [0, 0.1) is 0 Å². The molecule has 0 atom stereocenters. The van der Waals surface area contributed by atoms with Gasteiger partial charge in [-0.15, -0.1) is 0 Å². The van der Waals surface area contributed by atoms with Gasteiger partial charge in [-0.25, -0.2) is 4.79 Å². The van der Waals surface area contributed by atoms with Crippen molar-refractivity contribution < 1.29 is 73.3 Å². The monoisotopic (exact) mass is 502 g/mol. The Morgan fingerprint density at radius 1 is 0.692 bits per heavy atom. The number of phosphoric acid groups is 2. The van der Waals surface area contributed by atoms with Gasteiger partial charge >= 0.3 is 131 Å². The quantitative estimate of drug-likeness (QED) is 0.200. The molecule has 0 fully saturated rings. The van der Waals surface area contributed by atoms with Crippen molar-refractivity contribution in [2.24, 2.45) is 0 Å². The third-order valence-corrected chi connectivity index (χ3v) is 1.29. The van der Waals surface area contributed by atoms with Crippen molar-refractivity contribution in [3.8, 4) is 0 Å². The normalized spacial score (nSPS) is 9.96. The van der Waals surface area contributed by atoms with E-state index in [0.717, 1.165) is 0 Å². The Kier molecular flexibility index (Phi) is 31.6. The van der Waals surface area contributed by atoms with Gasteiger partial charge in [0.1, 0.15) is 0 Å². The number of aliphatic carboxylic acids is 3. The molecule has 0 saturated heterocycles. The fraction of sp³-hybridized carbons (Fsp3) is 0.500. The summed E-state index contributed by atoms with van der Waals surface area (Å²) in [5.74, 6) is -5.02. The van der Waals surface area contributed by atoms with E-state index in [2.05, 4.69) is 0 Å². The average molecular weight is 502 g/mol. The van der Waals surface area contributed by atoms with E-state index in [9.17, 15) is 14.4 Å². The Hall–Kier alpha value is 2.37. The number of carbonyl (C=O) groups is 3. The van der Waals surface area contributed by atoms with Crippen molar-refractivity contribution in [3.63, 3.8) is 0 Å². The van der Waals surface area contributed by atoms with Crippen LogP contribution < -0.4 is 29.4 Å². The number of rotatable bonds is 5. The van der Waals surface area contributed by atoms with Gasteiger partial charge in [-0.05, 0) is 0 Å². The summed E-state index contributed by atoms with van der Waals surface area (Å²) in [5, 5.41) is 33.8. The molecule has 0 radical (unpaired) electrons. The molecule has 0 rings (SSSR count). The zero-order valence-corrected chi connectivity index (χ0v) is 21.1. The second-order valence-corrected chi connectivity index (χ2v) is 5.16. The number of hydrogen-bond donors (Lipinski definition) is 4. The molecular weight excluding hydrogens is 494 g/mol. The van der Waals surface area contributed by atoms with Crippen molar-refractivity contribution in [3.05, 3.63) is 0 Å². The van der Waals surface area contributed by atoms with Gasteiger partial charge in [0, 0.05) is 0 Å². The van der Waals surface area contributed by atoms with E-state index in [-0.39, 0.29) is 113 Å². The maximum Gasteiger partial charge on any atom is 2.00 e. The predicted molar refractivity (Wildman–Crippen MR) is 69.6 cm³/mol. The third kappa shape index (κ3) is 50.3. The summed E-state index contributed by atoms with van der Waals surface area (Å²) >= 11 is 0. The van der Waals surface area contributed by atoms with Crippen LogP contribution in [0.1, 0.15) is 12.8 Å². The van der Waals surface area contributed by atoms with Gasteiger partial charge in [-0.1, -0.05) is 0 Å². The molecule has 0 amide bonds. The Bertz CT molecular complexity index is 459. The molecule has 0 heterocycles. The van der Waals surface area contributed by atoms with Crippen LogP contribution in [0.2, 0.25) is 0 Å². The zero-order valence-electron chi connectivity index (χ0n) is 12.7. The summed E-state index contributed by atoms with van der Waals surface area (Å²) < 4.78 is 17.1. The zero-order chi connectivity index (χ0) is 19.6. The molecule has 15 nitrogen and oxygen atoms in total. The largest absolute Gasteiger partial charge is 2.00 e. The average Bonchev–Trinajstić information content (AvgIpc) is 2.07. The van der Waals surface area contributed by atoms with Gasteiger partial charge in [-0.3, -0.25) is 9.59 Å². The summed E-state index contributed by atoms with van der Waals surface area (Å²) in [4.78, 5) is 81.8. The minimum absolute atomic E-state index is 0. The molecule has 0 aromatic carbocycles. The molecular formula is C6H8Ca3O15P2. The fourth-order valence-electron chi connectivity index (χ4n) is 0.714. The van der Waals surface area contributed by atoms with E-state index in [1.165, 1.54) is 0 Å². The fourth-order valence-corrected chi connectivity index (χ4v) is 0.714. The first-order valence-corrected chi connectivity index (χ1v) is 7.55. The summed E-state index contributed by atoms with van der Waals surface area (Å²) in [6, 6.07) is 0. The van der Waals surface area contributed by atoms with E-state index >= 15 is 0 Å². The molecule has 0 unspecified atom stereocenters. The third-order valence-electron chi connectivity index (χ3n) is 1.29. The van der Waals surface area contributed by atoms with Crippen molar-refractivity contribution in [1.82, 2.24) is 0 Å². The van der Waals surface area contributed by atoms with Crippen molar-refractivity contribution in [2.45, 2.75) is 18.4 Å². The van der Waals surface area contributed by atoms with E-state index in [4.69, 9.17) is 58.9 Å². The van der Waals surface area contributed by atoms with Crippen LogP contribution >= 0.6 is 15.6 Å². The van der Waals surface area contributed by atoms with E-state index in [0.29, 0.717) is 0 Å². The van der Waals surface area contributed by atoms with E-state index < -0.39 is 52.0 Å². The molecule has 0 aromatic heterocycles. The molecule has 0 bridgehead atoms. The maximum absolute atomic E-state index is 10.3. The molecule has 20 heteroatoms. The first-order valence-electron chi connectivity index (χ1n) is 4.63. The maximum atomic E-state index is 10.3. The van der Waals surface area contributed by atoms with Crippen LogP contribution in [0.25, 0.3) is 0 Å². The SMILES string of the molecule is O=C(O)CC(O)(CC(=O)O)C(=O)O.O=P([O-])([O-])[O-].O=P([O-])([O-])[O-].[Ca+2].[Ca+2].[Ca+2]. The molecule has 0 aliphatic rings. The number of hydrogen-bond acceptors (Lipinski definition) is 12. The van der Waals surface area contributed by atoms with Crippen LogP contribution in [0.5, 0.6) is 0 Å². The van der Waals surface area contributed by atoms with Crippen LogP contribution in [0.4, 0.5) is 0 Å². The van der Waals surface area contributed by atoms with Crippen molar-refractivity contribution in [2.75, 3.05) is 0 Å². The summed E-state index contributed by atoms with van der Waals surface area (Å²) in [6.07, 6.45) is -2.29. The molecule has 0 saturated carbocycles. The Morgan fingerprint density at radius 3 is 0.923 bits per heavy atom. The Labute approximate surface area is 234 Å². The number of carboxylic acid groups (broad SMARTS) is 3. The Morgan fingerprint density at radius 2 is 0.846 bits per heavy atom. The van der Waals surface area contributed by atoms with E-state index in [1.54, 1.807) is 0 Å².